The molecule has 4 rings (SSSR count). The van der Waals surface area contributed by atoms with Crippen LogP contribution in [0.3, 0.4) is 0 Å². The number of carbonyl (C=O) groups excluding carboxylic acids is 1. The van der Waals surface area contributed by atoms with Gasteiger partial charge in [0.15, 0.2) is 5.65 Å². The van der Waals surface area contributed by atoms with Gasteiger partial charge in [0.2, 0.25) is 5.91 Å². The summed E-state index contributed by atoms with van der Waals surface area (Å²) in [5.74, 6) is 0.544. The van der Waals surface area contributed by atoms with Gasteiger partial charge in [-0.3, -0.25) is 23.7 Å². The number of fused-ring (bicyclic) bond motifs is 1. The Hall–Kier alpha value is -3.00. The number of benzene rings is 1. The molecule has 2 aromatic heterocycles. The first-order valence-electron chi connectivity index (χ1n) is 10.5. The van der Waals surface area contributed by atoms with Crippen LogP contribution in [0, 0.1) is 5.92 Å². The zero-order chi connectivity index (χ0) is 21.1. The lowest BCUT2D eigenvalue weighted by atomic mass is 9.95. The molecule has 0 spiro atoms. The molecule has 1 aliphatic rings. The zero-order valence-corrected chi connectivity index (χ0v) is 17.5. The largest absolute Gasteiger partial charge is 0.353 e. The maximum absolute atomic E-state index is 12.6. The highest BCUT2D eigenvalue weighted by Gasteiger charge is 2.25. The number of carbonyl (C=O) groups is 1. The maximum atomic E-state index is 12.6. The number of hydrogen-bond donors (Lipinski definition) is 1. The summed E-state index contributed by atoms with van der Waals surface area (Å²) in [5.41, 5.74) is 1.45. The van der Waals surface area contributed by atoms with Crippen molar-refractivity contribution in [2.45, 2.75) is 32.4 Å². The molecule has 1 aliphatic heterocycles. The van der Waals surface area contributed by atoms with Crippen LogP contribution in [0.1, 0.15) is 31.4 Å². The summed E-state index contributed by atoms with van der Waals surface area (Å²) in [6.07, 6.45) is 5.24. The number of rotatable bonds is 6. The highest BCUT2D eigenvalue weighted by Crippen LogP contribution is 2.26. The van der Waals surface area contributed by atoms with Gasteiger partial charge < -0.3 is 5.32 Å². The van der Waals surface area contributed by atoms with Crippen LogP contribution in [0.4, 0.5) is 0 Å². The summed E-state index contributed by atoms with van der Waals surface area (Å²) in [7, 11) is 1.73. The van der Waals surface area contributed by atoms with Crippen molar-refractivity contribution in [1.29, 1.82) is 0 Å². The van der Waals surface area contributed by atoms with Crippen LogP contribution in [-0.4, -0.2) is 49.8 Å². The van der Waals surface area contributed by atoms with Gasteiger partial charge in [0.25, 0.3) is 5.56 Å². The van der Waals surface area contributed by atoms with Gasteiger partial charge in [0.1, 0.15) is 18.3 Å². The molecular weight excluding hydrogens is 380 g/mol. The molecular formula is C22H28N6O2. The molecule has 30 heavy (non-hydrogen) atoms. The van der Waals surface area contributed by atoms with Gasteiger partial charge in [-0.2, -0.15) is 5.10 Å². The Morgan fingerprint density at radius 1 is 1.23 bits per heavy atom. The minimum atomic E-state index is -0.257. The van der Waals surface area contributed by atoms with Crippen LogP contribution >= 0.6 is 0 Å². The van der Waals surface area contributed by atoms with Crippen molar-refractivity contribution in [3.8, 4) is 0 Å². The molecule has 3 aromatic rings. The van der Waals surface area contributed by atoms with Gasteiger partial charge in [-0.25, -0.2) is 4.98 Å². The summed E-state index contributed by atoms with van der Waals surface area (Å²) in [6, 6.07) is 10.4. The maximum Gasteiger partial charge on any atom is 0.264 e. The predicted octanol–water partition coefficient (Wildman–Crippen LogP) is 1.72. The molecule has 1 atom stereocenters. The van der Waals surface area contributed by atoms with E-state index in [0.29, 0.717) is 17.6 Å². The van der Waals surface area contributed by atoms with E-state index in [0.717, 1.165) is 19.0 Å². The minimum absolute atomic E-state index is 0.0603. The molecule has 1 aromatic carbocycles. The van der Waals surface area contributed by atoms with Gasteiger partial charge in [-0.15, -0.1) is 0 Å². The van der Waals surface area contributed by atoms with E-state index in [9.17, 15) is 9.59 Å². The normalized spacial score (nSPS) is 16.6. The van der Waals surface area contributed by atoms with Crippen molar-refractivity contribution in [3.63, 3.8) is 0 Å². The van der Waals surface area contributed by atoms with Crippen LogP contribution in [0.15, 0.2) is 47.7 Å². The van der Waals surface area contributed by atoms with E-state index in [-0.39, 0.29) is 24.1 Å². The summed E-state index contributed by atoms with van der Waals surface area (Å²) < 4.78 is 2.88. The third-order valence-corrected chi connectivity index (χ3v) is 5.97. The molecule has 8 nitrogen and oxygen atoms in total. The molecule has 1 N–H and O–H groups in total. The summed E-state index contributed by atoms with van der Waals surface area (Å²) in [4.78, 5) is 31.9. The molecule has 0 radical (unpaired) electrons. The first-order valence-corrected chi connectivity index (χ1v) is 10.5. The lowest BCUT2D eigenvalue weighted by Crippen LogP contribution is -2.43. The highest BCUT2D eigenvalue weighted by molar-refractivity contribution is 5.77. The fourth-order valence-electron chi connectivity index (χ4n) is 4.07. The number of hydrogen-bond acceptors (Lipinski definition) is 5. The molecule has 8 heteroatoms. The SMILES string of the molecule is CC1CCN([C@@H](CNC(=O)Cn2cnc3c(cnn3C)c2=O)c2ccccc2)CC1. The van der Waals surface area contributed by atoms with E-state index in [1.165, 1.54) is 35.5 Å². The zero-order valence-electron chi connectivity index (χ0n) is 17.5. The van der Waals surface area contributed by atoms with Crippen LogP contribution < -0.4 is 10.9 Å². The molecule has 3 heterocycles. The second kappa shape index (κ2) is 8.79. The molecule has 1 amide bonds. The number of nitrogens with one attached hydrogen (secondary N) is 1. The van der Waals surface area contributed by atoms with Gasteiger partial charge >= 0.3 is 0 Å². The fourth-order valence-corrected chi connectivity index (χ4v) is 4.07. The molecule has 1 fully saturated rings. The highest BCUT2D eigenvalue weighted by atomic mass is 16.2. The second-order valence-corrected chi connectivity index (χ2v) is 8.13. The average molecular weight is 409 g/mol. The number of likely N-dealkylation sites (tertiary alicyclic amines) is 1. The first kappa shape index (κ1) is 20.3. The Morgan fingerprint density at radius 3 is 2.70 bits per heavy atom. The molecule has 0 unspecified atom stereocenters. The molecule has 0 bridgehead atoms. The van der Waals surface area contributed by atoms with Gasteiger partial charge in [-0.1, -0.05) is 37.3 Å². The second-order valence-electron chi connectivity index (χ2n) is 8.13. The van der Waals surface area contributed by atoms with Crippen molar-refractivity contribution in [2.75, 3.05) is 19.6 Å². The van der Waals surface area contributed by atoms with Crippen molar-refractivity contribution < 1.29 is 4.79 Å². The number of nitrogens with zero attached hydrogens (tertiary/aromatic N) is 5. The van der Waals surface area contributed by atoms with E-state index in [1.807, 2.05) is 18.2 Å². The Labute approximate surface area is 175 Å². The predicted molar refractivity (Wildman–Crippen MR) is 115 cm³/mol. The Balaban J connectivity index is 1.45. The van der Waals surface area contributed by atoms with Crippen LogP contribution in [-0.2, 0) is 18.4 Å². The third kappa shape index (κ3) is 4.28. The van der Waals surface area contributed by atoms with Crippen molar-refractivity contribution in [3.05, 3.63) is 58.8 Å². The van der Waals surface area contributed by atoms with E-state index in [4.69, 9.17) is 0 Å². The summed E-state index contributed by atoms with van der Waals surface area (Å²) >= 11 is 0. The molecule has 0 aliphatic carbocycles. The van der Waals surface area contributed by atoms with Gasteiger partial charge in [0.05, 0.1) is 12.2 Å². The number of amides is 1. The van der Waals surface area contributed by atoms with Crippen LogP contribution in [0.2, 0.25) is 0 Å². The van der Waals surface area contributed by atoms with E-state index in [2.05, 4.69) is 39.4 Å². The molecule has 0 saturated carbocycles. The smallest absolute Gasteiger partial charge is 0.264 e. The van der Waals surface area contributed by atoms with Crippen LogP contribution in [0.25, 0.3) is 11.0 Å². The molecule has 1 saturated heterocycles. The fraction of sp³-hybridized carbons (Fsp3) is 0.455. The molecule has 158 valence electrons. The van der Waals surface area contributed by atoms with Crippen molar-refractivity contribution >= 4 is 16.9 Å². The Morgan fingerprint density at radius 2 is 1.97 bits per heavy atom. The number of aryl methyl sites for hydroxylation is 1. The average Bonchev–Trinajstić information content (AvgIpc) is 3.14. The lowest BCUT2D eigenvalue weighted by molar-refractivity contribution is -0.122. The van der Waals surface area contributed by atoms with Crippen molar-refractivity contribution in [2.24, 2.45) is 13.0 Å². The van der Waals surface area contributed by atoms with Gasteiger partial charge in [-0.05, 0) is 37.4 Å². The van der Waals surface area contributed by atoms with E-state index < -0.39 is 0 Å². The Kier molecular flexibility index (Phi) is 5.94. The van der Waals surface area contributed by atoms with E-state index >= 15 is 0 Å². The van der Waals surface area contributed by atoms with Crippen molar-refractivity contribution in [1.82, 2.24) is 29.5 Å². The number of piperidine rings is 1. The third-order valence-electron chi connectivity index (χ3n) is 5.97. The topological polar surface area (TPSA) is 85.1 Å². The number of aromatic nitrogens is 4. The summed E-state index contributed by atoms with van der Waals surface area (Å²) in [5, 5.41) is 7.51. The van der Waals surface area contributed by atoms with Crippen LogP contribution in [0.5, 0.6) is 0 Å². The first-order chi connectivity index (χ1) is 14.5. The Bertz CT molecular complexity index is 1070. The standard InChI is InChI=1S/C22H28N6O2/c1-16-8-10-27(11-9-16)19(17-6-4-3-5-7-17)13-23-20(29)14-28-15-24-21-18(22(28)30)12-25-26(21)2/h3-7,12,15-16,19H,8-11,13-14H2,1-2H3,(H,23,29)/t19-/m0/s1. The van der Waals surface area contributed by atoms with E-state index in [1.54, 1.807) is 11.7 Å². The lowest BCUT2D eigenvalue weighted by Gasteiger charge is -2.37. The van der Waals surface area contributed by atoms with Gasteiger partial charge in [0, 0.05) is 13.6 Å². The summed E-state index contributed by atoms with van der Waals surface area (Å²) in [6.45, 7) is 4.79. The minimum Gasteiger partial charge on any atom is -0.353 e. The monoisotopic (exact) mass is 408 g/mol. The quantitative estimate of drug-likeness (QED) is 0.671.